The van der Waals surface area contributed by atoms with Gasteiger partial charge in [-0.2, -0.15) is 0 Å². The second-order valence-electron chi connectivity index (χ2n) is 14.3. The van der Waals surface area contributed by atoms with Gasteiger partial charge in [0, 0.05) is 49.7 Å². The lowest BCUT2D eigenvalue weighted by Gasteiger charge is -2.36. The van der Waals surface area contributed by atoms with Gasteiger partial charge >= 0.3 is 12.1 Å². The molecule has 0 saturated carbocycles. The van der Waals surface area contributed by atoms with E-state index in [2.05, 4.69) is 40.5 Å². The highest BCUT2D eigenvalue weighted by atomic mass is 16.6. The molecule has 2 fully saturated rings. The number of nitrogens with zero attached hydrogens (tertiary/aromatic N) is 7. The molecular formula is C45H59N7O5. The van der Waals surface area contributed by atoms with E-state index in [9.17, 15) is 9.59 Å². The Hall–Kier alpha value is -5.46. The molecule has 0 unspecified atom stereocenters. The topological polar surface area (TPSA) is 107 Å². The zero-order valence-corrected chi connectivity index (χ0v) is 34.4. The van der Waals surface area contributed by atoms with E-state index in [1.165, 1.54) is 49.8 Å². The van der Waals surface area contributed by atoms with Crippen LogP contribution >= 0.6 is 0 Å². The van der Waals surface area contributed by atoms with Crippen LogP contribution in [-0.4, -0.2) is 113 Å². The standard InChI is InChI=1S/C19H26N4O2.C17H14N2O3.C9H19N/c1-4-22-10-8-16(9-11-22)21(2)19(24)23-13-18(20-14-23)15-6-5-7-17(12-15)25-3;1-21-15-9-5-6-13(10-15)16-11-19(12-18-16)17(20)22-14-7-3-2-4-8-14;1-3-9-5-7-10(4-2)8-6-9/h5-7,12-14,16H,4,8-11H2,1-3H3;2-12H,1H3;9H,3-8H2,1-2H3. The van der Waals surface area contributed by atoms with Crippen LogP contribution in [-0.2, 0) is 0 Å². The largest absolute Gasteiger partial charge is 0.497 e. The van der Waals surface area contributed by atoms with E-state index in [1.807, 2.05) is 66.5 Å². The number of likely N-dealkylation sites (tertiary alicyclic amines) is 2. The van der Waals surface area contributed by atoms with E-state index in [0.29, 0.717) is 11.4 Å². The highest BCUT2D eigenvalue weighted by Crippen LogP contribution is 2.24. The number of para-hydroxylation sites is 1. The third-order valence-electron chi connectivity index (χ3n) is 10.9. The van der Waals surface area contributed by atoms with Crippen molar-refractivity contribution >= 4 is 12.1 Å². The molecule has 2 aromatic heterocycles. The molecule has 12 heteroatoms. The van der Waals surface area contributed by atoms with Crippen LogP contribution < -0.4 is 14.2 Å². The van der Waals surface area contributed by atoms with Gasteiger partial charge in [0.25, 0.3) is 0 Å². The maximum atomic E-state index is 12.8. The Kier molecular flexibility index (Phi) is 16.3. The summed E-state index contributed by atoms with van der Waals surface area (Å²) in [7, 11) is 5.13. The average Bonchev–Trinajstić information content (AvgIpc) is 3.99. The third kappa shape index (κ3) is 12.3. The predicted molar refractivity (Wildman–Crippen MR) is 225 cm³/mol. The van der Waals surface area contributed by atoms with Crippen molar-refractivity contribution in [1.29, 1.82) is 0 Å². The molecule has 3 aromatic carbocycles. The molecule has 0 spiro atoms. The Morgan fingerprint density at radius 3 is 1.67 bits per heavy atom. The van der Waals surface area contributed by atoms with Crippen LogP contribution in [0.5, 0.6) is 17.2 Å². The highest BCUT2D eigenvalue weighted by Gasteiger charge is 2.26. The maximum Gasteiger partial charge on any atom is 0.424 e. The molecule has 57 heavy (non-hydrogen) atoms. The van der Waals surface area contributed by atoms with Gasteiger partial charge < -0.3 is 28.9 Å². The molecule has 7 rings (SSSR count). The van der Waals surface area contributed by atoms with Crippen molar-refractivity contribution < 1.29 is 23.8 Å². The maximum absolute atomic E-state index is 12.8. The molecule has 5 aromatic rings. The van der Waals surface area contributed by atoms with E-state index in [1.54, 1.807) is 61.8 Å². The quantitative estimate of drug-likeness (QED) is 0.145. The van der Waals surface area contributed by atoms with Crippen LogP contribution in [0.25, 0.3) is 22.5 Å². The van der Waals surface area contributed by atoms with Crippen molar-refractivity contribution in [1.82, 2.24) is 33.8 Å². The number of hydrogen-bond donors (Lipinski definition) is 0. The normalized spacial score (nSPS) is 15.1. The lowest BCUT2D eigenvalue weighted by atomic mass is 9.95. The summed E-state index contributed by atoms with van der Waals surface area (Å²) in [6.45, 7) is 13.9. The predicted octanol–water partition coefficient (Wildman–Crippen LogP) is 8.68. The Morgan fingerprint density at radius 1 is 0.667 bits per heavy atom. The van der Waals surface area contributed by atoms with E-state index in [-0.39, 0.29) is 12.1 Å². The molecule has 2 aliphatic heterocycles. The molecule has 2 saturated heterocycles. The van der Waals surface area contributed by atoms with Gasteiger partial charge in [-0.05, 0) is 94.2 Å². The molecule has 12 nitrogen and oxygen atoms in total. The van der Waals surface area contributed by atoms with Crippen molar-refractivity contribution in [2.75, 3.05) is 60.5 Å². The van der Waals surface area contributed by atoms with Gasteiger partial charge in [-0.3, -0.25) is 4.57 Å². The molecule has 1 amide bonds. The van der Waals surface area contributed by atoms with E-state index < -0.39 is 6.09 Å². The SMILES string of the molecule is CCC1CCN(CC)CC1.CCN1CCC(N(C)C(=O)n2cnc(-c3cccc(OC)c3)c2)CC1.COc1cccc(-c2cn(C(=O)Oc3ccccc3)cn2)c1. The zero-order chi connectivity index (χ0) is 40.6. The molecule has 304 valence electrons. The van der Waals surface area contributed by atoms with E-state index >= 15 is 0 Å². The highest BCUT2D eigenvalue weighted by molar-refractivity contribution is 5.78. The first kappa shape index (κ1) is 42.7. The number of aromatic nitrogens is 4. The van der Waals surface area contributed by atoms with Gasteiger partial charge in [0.2, 0.25) is 0 Å². The molecule has 0 N–H and O–H groups in total. The number of piperidine rings is 2. The Labute approximate surface area is 338 Å². The first-order valence-corrected chi connectivity index (χ1v) is 20.1. The summed E-state index contributed by atoms with van der Waals surface area (Å²) in [5.74, 6) is 3.03. The fourth-order valence-corrected chi connectivity index (χ4v) is 7.03. The number of amides is 1. The van der Waals surface area contributed by atoms with Crippen LogP contribution in [0.2, 0.25) is 0 Å². The van der Waals surface area contributed by atoms with Gasteiger partial charge in [0.15, 0.2) is 0 Å². The van der Waals surface area contributed by atoms with Gasteiger partial charge in [-0.25, -0.2) is 24.1 Å². The Morgan fingerprint density at radius 2 is 1.16 bits per heavy atom. The Bertz CT molecular complexity index is 1950. The van der Waals surface area contributed by atoms with E-state index in [4.69, 9.17) is 14.2 Å². The number of hydrogen-bond acceptors (Lipinski definition) is 9. The molecule has 0 bridgehead atoms. The molecular weight excluding hydrogens is 719 g/mol. The monoisotopic (exact) mass is 777 g/mol. The summed E-state index contributed by atoms with van der Waals surface area (Å²) in [6.07, 6.45) is 12.2. The van der Waals surface area contributed by atoms with Crippen molar-refractivity contribution in [2.24, 2.45) is 5.92 Å². The van der Waals surface area contributed by atoms with Crippen molar-refractivity contribution in [3.8, 4) is 39.8 Å². The van der Waals surface area contributed by atoms with Crippen LogP contribution in [0, 0.1) is 5.92 Å². The number of rotatable bonds is 9. The van der Waals surface area contributed by atoms with Crippen LogP contribution in [0.3, 0.4) is 0 Å². The summed E-state index contributed by atoms with van der Waals surface area (Å²) in [6, 6.07) is 24.3. The number of ether oxygens (including phenoxy) is 3. The summed E-state index contributed by atoms with van der Waals surface area (Å²) in [5.41, 5.74) is 3.24. The summed E-state index contributed by atoms with van der Waals surface area (Å²) in [4.78, 5) is 40.3. The number of methoxy groups -OCH3 is 2. The molecule has 0 atom stereocenters. The number of carbonyl (C=O) groups is 2. The third-order valence-corrected chi connectivity index (χ3v) is 10.9. The van der Waals surface area contributed by atoms with Gasteiger partial charge in [-0.1, -0.05) is 69.7 Å². The van der Waals surface area contributed by atoms with Crippen LogP contribution in [0.15, 0.2) is 104 Å². The lowest BCUT2D eigenvalue weighted by Crippen LogP contribution is -2.46. The van der Waals surface area contributed by atoms with Crippen molar-refractivity contribution in [3.05, 3.63) is 104 Å². The average molecular weight is 778 g/mol. The van der Waals surface area contributed by atoms with Gasteiger partial charge in [-0.15, -0.1) is 0 Å². The fraction of sp³-hybridized carbons (Fsp3) is 0.422. The summed E-state index contributed by atoms with van der Waals surface area (Å²) < 4.78 is 18.6. The first-order chi connectivity index (χ1) is 27.7. The number of imidazole rings is 2. The minimum absolute atomic E-state index is 0.0309. The first-order valence-electron chi connectivity index (χ1n) is 20.1. The fourth-order valence-electron chi connectivity index (χ4n) is 7.03. The molecule has 0 aliphatic carbocycles. The van der Waals surface area contributed by atoms with Crippen molar-refractivity contribution in [2.45, 2.75) is 58.9 Å². The second kappa shape index (κ2) is 21.7. The van der Waals surface area contributed by atoms with Crippen LogP contribution in [0.1, 0.15) is 52.9 Å². The van der Waals surface area contributed by atoms with Crippen molar-refractivity contribution in [3.63, 3.8) is 0 Å². The molecule has 0 radical (unpaired) electrons. The summed E-state index contributed by atoms with van der Waals surface area (Å²) in [5, 5.41) is 0. The van der Waals surface area contributed by atoms with Gasteiger partial charge in [0.1, 0.15) is 29.9 Å². The molecule has 4 heterocycles. The van der Waals surface area contributed by atoms with E-state index in [0.717, 1.165) is 66.7 Å². The van der Waals surface area contributed by atoms with Crippen LogP contribution in [0.4, 0.5) is 9.59 Å². The minimum Gasteiger partial charge on any atom is -0.497 e. The Balaban J connectivity index is 0.000000177. The number of benzene rings is 3. The molecule has 2 aliphatic rings. The summed E-state index contributed by atoms with van der Waals surface area (Å²) >= 11 is 0. The minimum atomic E-state index is -0.507. The lowest BCUT2D eigenvalue weighted by molar-refractivity contribution is 0.139. The smallest absolute Gasteiger partial charge is 0.424 e. The van der Waals surface area contributed by atoms with Gasteiger partial charge in [0.05, 0.1) is 25.6 Å². The second-order valence-corrected chi connectivity index (χ2v) is 14.3. The number of carbonyl (C=O) groups excluding carboxylic acids is 2. The zero-order valence-electron chi connectivity index (χ0n) is 34.4.